The zero-order valence-electron chi connectivity index (χ0n) is 9.10. The van der Waals surface area contributed by atoms with E-state index >= 15 is 0 Å². The number of β-amino-alcohol motifs (C(OH)–C–C–N with tert-alkyl or cyclic N) is 1. The molecule has 1 heterocycles. The standard InChI is InChI=1S/C13H19NO/c15-11-10-14-9-5-4-8-13(14)12-6-2-1-3-7-12/h1-3,6-7,13,15H,4-5,8-11H2. The summed E-state index contributed by atoms with van der Waals surface area (Å²) < 4.78 is 0. The molecule has 0 bridgehead atoms. The molecule has 1 aromatic carbocycles. The van der Waals surface area contributed by atoms with E-state index in [0.29, 0.717) is 6.04 Å². The Hall–Kier alpha value is -0.860. The Morgan fingerprint density at radius 2 is 2.00 bits per heavy atom. The van der Waals surface area contributed by atoms with Gasteiger partial charge in [-0.05, 0) is 24.9 Å². The average Bonchev–Trinajstić information content (AvgIpc) is 2.31. The Labute approximate surface area is 91.5 Å². The number of hydrogen-bond acceptors (Lipinski definition) is 2. The summed E-state index contributed by atoms with van der Waals surface area (Å²) in [6, 6.07) is 11.2. The molecule has 2 rings (SSSR count). The van der Waals surface area contributed by atoms with Gasteiger partial charge in [0.25, 0.3) is 0 Å². The van der Waals surface area contributed by atoms with E-state index in [4.69, 9.17) is 5.11 Å². The highest BCUT2D eigenvalue weighted by atomic mass is 16.3. The van der Waals surface area contributed by atoms with E-state index < -0.39 is 0 Å². The van der Waals surface area contributed by atoms with Crippen LogP contribution in [-0.2, 0) is 0 Å². The van der Waals surface area contributed by atoms with Gasteiger partial charge in [0, 0.05) is 12.6 Å². The van der Waals surface area contributed by atoms with Crippen LogP contribution in [0.15, 0.2) is 30.3 Å². The van der Waals surface area contributed by atoms with Gasteiger partial charge in [0.15, 0.2) is 0 Å². The SMILES string of the molecule is OCCN1CCCCC1c1ccccc1. The third kappa shape index (κ3) is 2.58. The van der Waals surface area contributed by atoms with Crippen LogP contribution in [0.4, 0.5) is 0 Å². The molecule has 0 radical (unpaired) electrons. The number of piperidine rings is 1. The molecule has 2 nitrogen and oxygen atoms in total. The smallest absolute Gasteiger partial charge is 0.0558 e. The van der Waals surface area contributed by atoms with Gasteiger partial charge in [-0.1, -0.05) is 36.8 Å². The Bertz CT molecular complexity index is 284. The monoisotopic (exact) mass is 205 g/mol. The lowest BCUT2D eigenvalue weighted by Crippen LogP contribution is -2.35. The molecule has 1 atom stereocenters. The van der Waals surface area contributed by atoms with Gasteiger partial charge in [-0.15, -0.1) is 0 Å². The first-order chi connectivity index (χ1) is 7.42. The molecular formula is C13H19NO. The van der Waals surface area contributed by atoms with E-state index in [0.717, 1.165) is 13.1 Å². The molecular weight excluding hydrogens is 186 g/mol. The molecule has 1 fully saturated rings. The summed E-state index contributed by atoms with van der Waals surface area (Å²) in [5.74, 6) is 0. The van der Waals surface area contributed by atoms with Crippen LogP contribution in [0, 0.1) is 0 Å². The normalized spacial score (nSPS) is 22.9. The number of nitrogens with zero attached hydrogens (tertiary/aromatic N) is 1. The van der Waals surface area contributed by atoms with Crippen molar-refractivity contribution in [3.8, 4) is 0 Å². The van der Waals surface area contributed by atoms with Gasteiger partial charge in [0.1, 0.15) is 0 Å². The van der Waals surface area contributed by atoms with E-state index in [-0.39, 0.29) is 6.61 Å². The van der Waals surface area contributed by atoms with E-state index in [1.54, 1.807) is 0 Å². The molecule has 0 aromatic heterocycles. The fraction of sp³-hybridized carbons (Fsp3) is 0.538. The van der Waals surface area contributed by atoms with Gasteiger partial charge in [0.05, 0.1) is 6.61 Å². The number of aliphatic hydroxyl groups excluding tert-OH is 1. The quantitative estimate of drug-likeness (QED) is 0.817. The van der Waals surface area contributed by atoms with Crippen LogP contribution in [0.5, 0.6) is 0 Å². The van der Waals surface area contributed by atoms with Gasteiger partial charge < -0.3 is 5.11 Å². The molecule has 0 amide bonds. The van der Waals surface area contributed by atoms with Gasteiger partial charge in [-0.2, -0.15) is 0 Å². The molecule has 0 aliphatic carbocycles. The van der Waals surface area contributed by atoms with Crippen LogP contribution >= 0.6 is 0 Å². The van der Waals surface area contributed by atoms with Gasteiger partial charge >= 0.3 is 0 Å². The summed E-state index contributed by atoms with van der Waals surface area (Å²) in [6.07, 6.45) is 3.80. The van der Waals surface area contributed by atoms with Crippen LogP contribution in [0.3, 0.4) is 0 Å². The predicted octanol–water partition coefficient (Wildman–Crippen LogP) is 2.21. The number of likely N-dealkylation sites (tertiary alicyclic amines) is 1. The molecule has 1 aliphatic rings. The summed E-state index contributed by atoms with van der Waals surface area (Å²) in [6.45, 7) is 2.20. The highest BCUT2D eigenvalue weighted by molar-refractivity contribution is 5.19. The first kappa shape index (κ1) is 10.7. The van der Waals surface area contributed by atoms with Crippen LogP contribution in [-0.4, -0.2) is 29.7 Å². The Morgan fingerprint density at radius 3 is 2.73 bits per heavy atom. The molecule has 1 unspecified atom stereocenters. The number of benzene rings is 1. The summed E-state index contributed by atoms with van der Waals surface area (Å²) in [5, 5.41) is 9.04. The van der Waals surface area contributed by atoms with Crippen molar-refractivity contribution in [1.29, 1.82) is 0 Å². The van der Waals surface area contributed by atoms with Crippen molar-refractivity contribution in [1.82, 2.24) is 4.90 Å². The van der Waals surface area contributed by atoms with E-state index in [1.807, 2.05) is 0 Å². The second-order valence-electron chi connectivity index (χ2n) is 4.18. The molecule has 2 heteroatoms. The first-order valence-corrected chi connectivity index (χ1v) is 5.81. The lowest BCUT2D eigenvalue weighted by atomic mass is 9.95. The van der Waals surface area contributed by atoms with Gasteiger partial charge in [0.2, 0.25) is 0 Å². The number of rotatable bonds is 3. The maximum Gasteiger partial charge on any atom is 0.0558 e. The number of aliphatic hydroxyl groups is 1. The second kappa shape index (κ2) is 5.29. The fourth-order valence-electron chi connectivity index (χ4n) is 2.44. The lowest BCUT2D eigenvalue weighted by molar-refractivity contribution is 0.117. The summed E-state index contributed by atoms with van der Waals surface area (Å²) in [4.78, 5) is 2.40. The van der Waals surface area contributed by atoms with Crippen molar-refractivity contribution in [2.75, 3.05) is 19.7 Å². The van der Waals surface area contributed by atoms with Crippen molar-refractivity contribution in [2.24, 2.45) is 0 Å². The zero-order chi connectivity index (χ0) is 10.5. The summed E-state index contributed by atoms with van der Waals surface area (Å²) in [7, 11) is 0. The van der Waals surface area contributed by atoms with Gasteiger partial charge in [-0.3, -0.25) is 4.90 Å². The summed E-state index contributed by atoms with van der Waals surface area (Å²) >= 11 is 0. The van der Waals surface area contributed by atoms with Crippen molar-refractivity contribution in [2.45, 2.75) is 25.3 Å². The third-order valence-corrected chi connectivity index (χ3v) is 3.19. The van der Waals surface area contributed by atoms with Crippen molar-refractivity contribution >= 4 is 0 Å². The van der Waals surface area contributed by atoms with Crippen LogP contribution in [0.2, 0.25) is 0 Å². The molecule has 1 aliphatic heterocycles. The zero-order valence-corrected chi connectivity index (χ0v) is 9.10. The van der Waals surface area contributed by atoms with Gasteiger partial charge in [-0.25, -0.2) is 0 Å². The lowest BCUT2D eigenvalue weighted by Gasteiger charge is -2.35. The molecule has 0 saturated carbocycles. The maximum absolute atomic E-state index is 9.04. The van der Waals surface area contributed by atoms with Crippen molar-refractivity contribution in [3.63, 3.8) is 0 Å². The molecule has 1 saturated heterocycles. The Morgan fingerprint density at radius 1 is 1.20 bits per heavy atom. The van der Waals surface area contributed by atoms with E-state index in [2.05, 4.69) is 35.2 Å². The fourth-order valence-corrected chi connectivity index (χ4v) is 2.44. The van der Waals surface area contributed by atoms with Crippen molar-refractivity contribution in [3.05, 3.63) is 35.9 Å². The summed E-state index contributed by atoms with van der Waals surface area (Å²) in [5.41, 5.74) is 1.39. The average molecular weight is 205 g/mol. The molecule has 82 valence electrons. The minimum Gasteiger partial charge on any atom is -0.395 e. The molecule has 1 N–H and O–H groups in total. The maximum atomic E-state index is 9.04. The van der Waals surface area contributed by atoms with E-state index in [1.165, 1.54) is 24.8 Å². The number of hydrogen-bond donors (Lipinski definition) is 1. The molecule has 1 aromatic rings. The topological polar surface area (TPSA) is 23.5 Å². The van der Waals surface area contributed by atoms with Crippen LogP contribution in [0.25, 0.3) is 0 Å². The van der Waals surface area contributed by atoms with E-state index in [9.17, 15) is 0 Å². The first-order valence-electron chi connectivity index (χ1n) is 5.81. The highest BCUT2D eigenvalue weighted by Crippen LogP contribution is 2.29. The van der Waals surface area contributed by atoms with Crippen LogP contribution in [0.1, 0.15) is 30.9 Å². The minimum atomic E-state index is 0.267. The molecule has 0 spiro atoms. The highest BCUT2D eigenvalue weighted by Gasteiger charge is 2.22. The third-order valence-electron chi connectivity index (χ3n) is 3.19. The minimum absolute atomic E-state index is 0.267. The predicted molar refractivity (Wildman–Crippen MR) is 61.7 cm³/mol. The second-order valence-corrected chi connectivity index (χ2v) is 4.18. The largest absolute Gasteiger partial charge is 0.395 e. The molecule has 15 heavy (non-hydrogen) atoms. The van der Waals surface area contributed by atoms with Crippen LogP contribution < -0.4 is 0 Å². The van der Waals surface area contributed by atoms with Crippen molar-refractivity contribution < 1.29 is 5.11 Å². The Balaban J connectivity index is 2.11. The Kier molecular flexibility index (Phi) is 3.75.